The molecule has 0 spiro atoms. The van der Waals surface area contributed by atoms with Crippen LogP contribution in [0.4, 0.5) is 0 Å². The van der Waals surface area contributed by atoms with Gasteiger partial charge in [0.25, 0.3) is 5.56 Å². The van der Waals surface area contributed by atoms with Crippen molar-refractivity contribution >= 4 is 16.6 Å². The minimum absolute atomic E-state index is 0.260. The quantitative estimate of drug-likeness (QED) is 0.624. The molecule has 0 unspecified atom stereocenters. The van der Waals surface area contributed by atoms with Crippen molar-refractivity contribution in [2.45, 2.75) is 26.8 Å². The van der Waals surface area contributed by atoms with Gasteiger partial charge in [-0.3, -0.25) is 9.48 Å². The monoisotopic (exact) mass is 332 g/mol. The molecule has 0 aliphatic rings. The van der Waals surface area contributed by atoms with Crippen molar-refractivity contribution in [3.63, 3.8) is 0 Å². The van der Waals surface area contributed by atoms with Gasteiger partial charge in [-0.15, -0.1) is 0 Å². The first kappa shape index (κ1) is 15.1. The second-order valence-corrected chi connectivity index (χ2v) is 5.80. The van der Waals surface area contributed by atoms with Crippen molar-refractivity contribution in [2.24, 2.45) is 0 Å². The van der Waals surface area contributed by atoms with Gasteiger partial charge >= 0.3 is 0 Å². The number of benzene rings is 1. The van der Waals surface area contributed by atoms with Crippen molar-refractivity contribution < 1.29 is 0 Å². The average molecular weight is 332 g/mol. The Bertz CT molecular complexity index is 1200. The molecule has 0 saturated carbocycles. The number of fused-ring (bicyclic) bond motifs is 2. The van der Waals surface area contributed by atoms with Crippen LogP contribution in [0.15, 0.2) is 35.3 Å². The van der Waals surface area contributed by atoms with E-state index in [1.165, 1.54) is 10.6 Å². The Morgan fingerprint density at radius 3 is 2.84 bits per heavy atom. The molecule has 7 heteroatoms. The minimum Gasteiger partial charge on any atom is -0.338 e. The standard InChI is InChI=1S/C18H16N6O/c1-3-14-13(9-19)18-21-15(8-17(25)24(18)22-14)11-5-6-16-12(7-11)10-20-23(16)4-2/h5-8,10,21H,3-4H2,1-2H3. The summed E-state index contributed by atoms with van der Waals surface area (Å²) in [6, 6.07) is 9.58. The molecule has 0 aliphatic heterocycles. The van der Waals surface area contributed by atoms with Crippen molar-refractivity contribution in [3.8, 4) is 17.3 Å². The molecule has 3 heterocycles. The molecular weight excluding hydrogens is 316 g/mol. The second kappa shape index (κ2) is 5.60. The van der Waals surface area contributed by atoms with Crippen LogP contribution in [0.3, 0.4) is 0 Å². The largest absolute Gasteiger partial charge is 0.338 e. The highest BCUT2D eigenvalue weighted by Gasteiger charge is 2.15. The zero-order valence-corrected chi connectivity index (χ0v) is 13.9. The van der Waals surface area contributed by atoms with Crippen LogP contribution in [0, 0.1) is 11.3 Å². The number of nitriles is 1. The van der Waals surface area contributed by atoms with Crippen LogP contribution in [0.2, 0.25) is 0 Å². The van der Waals surface area contributed by atoms with E-state index in [4.69, 9.17) is 0 Å². The molecule has 7 nitrogen and oxygen atoms in total. The Labute approximate surface area is 143 Å². The van der Waals surface area contributed by atoms with Crippen LogP contribution in [0.25, 0.3) is 27.8 Å². The van der Waals surface area contributed by atoms with Crippen molar-refractivity contribution in [1.82, 2.24) is 24.4 Å². The summed E-state index contributed by atoms with van der Waals surface area (Å²) in [5, 5.41) is 19.0. The number of aromatic amines is 1. The molecule has 4 aromatic rings. The highest BCUT2D eigenvalue weighted by molar-refractivity contribution is 5.84. The maximum Gasteiger partial charge on any atom is 0.274 e. The lowest BCUT2D eigenvalue weighted by Crippen LogP contribution is -2.14. The van der Waals surface area contributed by atoms with E-state index in [2.05, 4.69) is 21.3 Å². The molecule has 0 saturated heterocycles. The molecule has 0 aliphatic carbocycles. The summed E-state index contributed by atoms with van der Waals surface area (Å²) < 4.78 is 3.18. The average Bonchev–Trinajstić information content (AvgIpc) is 3.21. The molecule has 0 atom stereocenters. The molecule has 4 rings (SSSR count). The minimum atomic E-state index is -0.260. The fourth-order valence-corrected chi connectivity index (χ4v) is 3.11. The van der Waals surface area contributed by atoms with E-state index >= 15 is 0 Å². The summed E-state index contributed by atoms with van der Waals surface area (Å²) in [7, 11) is 0. The number of aromatic nitrogens is 5. The van der Waals surface area contributed by atoms with Gasteiger partial charge in [0.15, 0.2) is 5.65 Å². The lowest BCUT2D eigenvalue weighted by atomic mass is 10.1. The SMILES string of the molecule is CCc1nn2c(=O)cc(-c3ccc4c(cnn4CC)c3)[nH]c2c1C#N. The zero-order chi connectivity index (χ0) is 17.6. The predicted molar refractivity (Wildman–Crippen MR) is 94.3 cm³/mol. The Kier molecular flexibility index (Phi) is 3.39. The lowest BCUT2D eigenvalue weighted by Gasteiger charge is -2.04. The topological polar surface area (TPSA) is 91.8 Å². The van der Waals surface area contributed by atoms with Crippen LogP contribution < -0.4 is 5.56 Å². The van der Waals surface area contributed by atoms with E-state index < -0.39 is 0 Å². The predicted octanol–water partition coefficient (Wildman–Crippen LogP) is 2.49. The molecular formula is C18H16N6O. The number of H-pyrrole nitrogens is 1. The summed E-state index contributed by atoms with van der Waals surface area (Å²) in [5.41, 5.74) is 3.78. The third kappa shape index (κ3) is 2.22. The Morgan fingerprint density at radius 1 is 1.28 bits per heavy atom. The number of aryl methyl sites for hydroxylation is 2. The number of nitrogens with zero attached hydrogens (tertiary/aromatic N) is 5. The van der Waals surface area contributed by atoms with Crippen molar-refractivity contribution in [1.29, 1.82) is 5.26 Å². The van der Waals surface area contributed by atoms with Gasteiger partial charge in [0, 0.05) is 18.0 Å². The summed E-state index contributed by atoms with van der Waals surface area (Å²) in [5.74, 6) is 0. The van der Waals surface area contributed by atoms with Gasteiger partial charge in [-0.2, -0.15) is 20.0 Å². The fourth-order valence-electron chi connectivity index (χ4n) is 3.11. The van der Waals surface area contributed by atoms with Gasteiger partial charge in [-0.25, -0.2) is 0 Å². The van der Waals surface area contributed by atoms with Crippen LogP contribution in [0.5, 0.6) is 0 Å². The van der Waals surface area contributed by atoms with Gasteiger partial charge in [-0.05, 0) is 31.0 Å². The smallest absolute Gasteiger partial charge is 0.274 e. The summed E-state index contributed by atoms with van der Waals surface area (Å²) >= 11 is 0. The highest BCUT2D eigenvalue weighted by Crippen LogP contribution is 2.23. The van der Waals surface area contributed by atoms with E-state index in [9.17, 15) is 10.1 Å². The van der Waals surface area contributed by atoms with E-state index in [1.807, 2.05) is 42.9 Å². The molecule has 0 bridgehead atoms. The lowest BCUT2D eigenvalue weighted by molar-refractivity contribution is 0.684. The molecule has 124 valence electrons. The van der Waals surface area contributed by atoms with Crippen LogP contribution in [-0.4, -0.2) is 24.4 Å². The molecule has 1 aromatic carbocycles. The van der Waals surface area contributed by atoms with Gasteiger partial charge < -0.3 is 4.98 Å². The maximum absolute atomic E-state index is 12.4. The summed E-state index contributed by atoms with van der Waals surface area (Å²) in [4.78, 5) is 15.6. The highest BCUT2D eigenvalue weighted by atomic mass is 16.1. The Morgan fingerprint density at radius 2 is 2.12 bits per heavy atom. The van der Waals surface area contributed by atoms with E-state index in [-0.39, 0.29) is 5.56 Å². The number of rotatable bonds is 3. The van der Waals surface area contributed by atoms with Crippen LogP contribution in [-0.2, 0) is 13.0 Å². The van der Waals surface area contributed by atoms with Crippen LogP contribution >= 0.6 is 0 Å². The second-order valence-electron chi connectivity index (χ2n) is 5.80. The maximum atomic E-state index is 12.4. The van der Waals surface area contributed by atoms with E-state index in [0.717, 1.165) is 23.0 Å². The molecule has 0 amide bonds. The summed E-state index contributed by atoms with van der Waals surface area (Å²) in [6.45, 7) is 4.75. The Hall–Kier alpha value is -3.40. The third-order valence-corrected chi connectivity index (χ3v) is 4.39. The molecule has 1 N–H and O–H groups in total. The van der Waals surface area contributed by atoms with Gasteiger partial charge in [0.2, 0.25) is 0 Å². The third-order valence-electron chi connectivity index (χ3n) is 4.39. The Balaban J connectivity index is 1.95. The molecule has 25 heavy (non-hydrogen) atoms. The normalized spacial score (nSPS) is 11.2. The number of hydrogen-bond donors (Lipinski definition) is 1. The van der Waals surface area contributed by atoms with E-state index in [0.29, 0.717) is 29.0 Å². The van der Waals surface area contributed by atoms with Crippen molar-refractivity contribution in [2.75, 3.05) is 0 Å². The molecule has 0 fully saturated rings. The number of hydrogen-bond acceptors (Lipinski definition) is 4. The number of nitrogens with one attached hydrogen (secondary N) is 1. The molecule has 3 aromatic heterocycles. The van der Waals surface area contributed by atoms with Crippen LogP contribution in [0.1, 0.15) is 25.1 Å². The van der Waals surface area contributed by atoms with Gasteiger partial charge in [-0.1, -0.05) is 13.0 Å². The van der Waals surface area contributed by atoms with Gasteiger partial charge in [0.1, 0.15) is 11.6 Å². The zero-order valence-electron chi connectivity index (χ0n) is 13.9. The molecule has 0 radical (unpaired) electrons. The van der Waals surface area contributed by atoms with Gasteiger partial charge in [0.05, 0.1) is 23.1 Å². The van der Waals surface area contributed by atoms with Crippen molar-refractivity contribution in [3.05, 3.63) is 52.1 Å². The first-order valence-corrected chi connectivity index (χ1v) is 8.17. The fraction of sp³-hybridized carbons (Fsp3) is 0.222. The first-order chi connectivity index (χ1) is 12.2. The first-order valence-electron chi connectivity index (χ1n) is 8.17. The summed E-state index contributed by atoms with van der Waals surface area (Å²) in [6.07, 6.45) is 2.41. The van der Waals surface area contributed by atoms with E-state index in [1.54, 1.807) is 0 Å².